The molecule has 0 aliphatic carbocycles. The summed E-state index contributed by atoms with van der Waals surface area (Å²) in [5.74, 6) is 0.814. The molecule has 0 unspecified atom stereocenters. The van der Waals surface area contributed by atoms with Crippen LogP contribution in [0.3, 0.4) is 0 Å². The van der Waals surface area contributed by atoms with Crippen LogP contribution in [0.1, 0.15) is 53.4 Å². The third kappa shape index (κ3) is 4.52. The van der Waals surface area contributed by atoms with Crippen molar-refractivity contribution in [3.63, 3.8) is 0 Å². The van der Waals surface area contributed by atoms with Crippen molar-refractivity contribution in [3.8, 4) is 0 Å². The fraction of sp³-hybridized carbons (Fsp3) is 1.00. The van der Waals surface area contributed by atoms with E-state index in [4.69, 9.17) is 5.73 Å². The van der Waals surface area contributed by atoms with Crippen LogP contribution in [-0.4, -0.2) is 30.6 Å². The van der Waals surface area contributed by atoms with Gasteiger partial charge in [-0.15, -0.1) is 0 Å². The molecule has 15 heavy (non-hydrogen) atoms. The van der Waals surface area contributed by atoms with Crippen molar-refractivity contribution in [1.29, 1.82) is 0 Å². The number of hydrogen-bond donors (Lipinski definition) is 1. The second kappa shape index (κ2) is 7.24. The predicted molar refractivity (Wildman–Crippen MR) is 69.1 cm³/mol. The molecule has 0 aromatic rings. The van der Waals surface area contributed by atoms with Gasteiger partial charge in [-0.3, -0.25) is 4.90 Å². The Hall–Kier alpha value is -0.0800. The smallest absolute Gasteiger partial charge is 0.0323 e. The monoisotopic (exact) mass is 214 g/mol. The molecule has 2 nitrogen and oxygen atoms in total. The lowest BCUT2D eigenvalue weighted by atomic mass is 9.90. The summed E-state index contributed by atoms with van der Waals surface area (Å²) in [7, 11) is 2.22. The molecule has 0 fully saturated rings. The Kier molecular flexibility index (Phi) is 7.20. The van der Waals surface area contributed by atoms with Crippen LogP contribution >= 0.6 is 0 Å². The summed E-state index contributed by atoms with van der Waals surface area (Å²) in [6, 6.07) is 0. The second-order valence-electron chi connectivity index (χ2n) is 5.09. The second-order valence-corrected chi connectivity index (χ2v) is 5.09. The molecule has 0 bridgehead atoms. The predicted octanol–water partition coefficient (Wildman–Crippen LogP) is 2.87. The average molecular weight is 214 g/mol. The van der Waals surface area contributed by atoms with Crippen LogP contribution in [0.15, 0.2) is 0 Å². The van der Waals surface area contributed by atoms with Gasteiger partial charge in [-0.25, -0.2) is 0 Å². The summed E-state index contributed by atoms with van der Waals surface area (Å²) in [6.07, 6.45) is 4.91. The van der Waals surface area contributed by atoms with E-state index in [1.807, 2.05) is 0 Å². The molecule has 0 aromatic carbocycles. The highest BCUT2D eigenvalue weighted by atomic mass is 15.2. The quantitative estimate of drug-likeness (QED) is 0.673. The lowest BCUT2D eigenvalue weighted by molar-refractivity contribution is 0.112. The van der Waals surface area contributed by atoms with Crippen LogP contribution in [0.2, 0.25) is 0 Å². The Morgan fingerprint density at radius 2 is 1.73 bits per heavy atom. The highest BCUT2D eigenvalue weighted by Crippen LogP contribution is 2.21. The molecule has 0 aliphatic heterocycles. The van der Waals surface area contributed by atoms with Crippen LogP contribution in [0.4, 0.5) is 0 Å². The van der Waals surface area contributed by atoms with E-state index in [0.717, 1.165) is 25.3 Å². The average Bonchev–Trinajstić information content (AvgIpc) is 2.21. The number of nitrogens with two attached hydrogens (primary N) is 1. The zero-order chi connectivity index (χ0) is 11.9. The molecule has 0 rings (SSSR count). The first-order valence-electron chi connectivity index (χ1n) is 6.43. The fourth-order valence-corrected chi connectivity index (χ4v) is 2.21. The molecule has 92 valence electrons. The van der Waals surface area contributed by atoms with Crippen LogP contribution in [-0.2, 0) is 0 Å². The minimum Gasteiger partial charge on any atom is -0.329 e. The van der Waals surface area contributed by atoms with Crippen molar-refractivity contribution >= 4 is 0 Å². The number of likely N-dealkylation sites (N-methyl/N-ethyl adjacent to an activating group) is 1. The molecule has 0 spiro atoms. The first-order valence-corrected chi connectivity index (χ1v) is 6.43. The molecular formula is C13H30N2. The van der Waals surface area contributed by atoms with Gasteiger partial charge in [0, 0.05) is 12.1 Å². The van der Waals surface area contributed by atoms with Gasteiger partial charge in [0.15, 0.2) is 0 Å². The fourth-order valence-electron chi connectivity index (χ4n) is 2.21. The third-order valence-electron chi connectivity index (χ3n) is 3.78. The van der Waals surface area contributed by atoms with Crippen LogP contribution in [0.5, 0.6) is 0 Å². The largest absolute Gasteiger partial charge is 0.329 e. The summed E-state index contributed by atoms with van der Waals surface area (Å²) >= 11 is 0. The standard InChI is InChI=1S/C13H30N2/c1-6-13(7-2,11-14)15(5)10-8-9-12(3)4/h12H,6-11,14H2,1-5H3. The number of rotatable bonds is 8. The minimum atomic E-state index is 0.233. The van der Waals surface area contributed by atoms with Crippen LogP contribution in [0.25, 0.3) is 0 Å². The molecule has 0 atom stereocenters. The van der Waals surface area contributed by atoms with Gasteiger partial charge in [-0.2, -0.15) is 0 Å². The van der Waals surface area contributed by atoms with E-state index in [-0.39, 0.29) is 5.54 Å². The Morgan fingerprint density at radius 1 is 1.20 bits per heavy atom. The summed E-state index contributed by atoms with van der Waals surface area (Å²) < 4.78 is 0. The van der Waals surface area contributed by atoms with Gasteiger partial charge in [-0.1, -0.05) is 27.7 Å². The molecule has 0 amide bonds. The zero-order valence-corrected chi connectivity index (χ0v) is 11.3. The number of hydrogen-bond acceptors (Lipinski definition) is 2. The van der Waals surface area contributed by atoms with Crippen molar-refractivity contribution in [3.05, 3.63) is 0 Å². The molecule has 0 aliphatic rings. The molecule has 2 heteroatoms. The van der Waals surface area contributed by atoms with E-state index in [0.29, 0.717) is 0 Å². The van der Waals surface area contributed by atoms with E-state index in [2.05, 4.69) is 39.6 Å². The summed E-state index contributed by atoms with van der Waals surface area (Å²) in [6.45, 7) is 11.0. The van der Waals surface area contributed by atoms with Crippen molar-refractivity contribution < 1.29 is 0 Å². The topological polar surface area (TPSA) is 29.3 Å². The van der Waals surface area contributed by atoms with Gasteiger partial charge in [0.2, 0.25) is 0 Å². The zero-order valence-electron chi connectivity index (χ0n) is 11.3. The first-order chi connectivity index (χ1) is 7.02. The Labute approximate surface area is 96.2 Å². The van der Waals surface area contributed by atoms with Crippen molar-refractivity contribution in [2.24, 2.45) is 11.7 Å². The third-order valence-corrected chi connectivity index (χ3v) is 3.78. The summed E-state index contributed by atoms with van der Waals surface area (Å²) in [5.41, 5.74) is 6.15. The van der Waals surface area contributed by atoms with Gasteiger partial charge in [0.25, 0.3) is 0 Å². The van der Waals surface area contributed by atoms with Gasteiger partial charge in [0.1, 0.15) is 0 Å². The molecular weight excluding hydrogens is 184 g/mol. The number of nitrogens with zero attached hydrogens (tertiary/aromatic N) is 1. The van der Waals surface area contributed by atoms with Gasteiger partial charge >= 0.3 is 0 Å². The van der Waals surface area contributed by atoms with E-state index < -0.39 is 0 Å². The van der Waals surface area contributed by atoms with Crippen LogP contribution in [0, 0.1) is 5.92 Å². The van der Waals surface area contributed by atoms with Gasteiger partial charge < -0.3 is 5.73 Å². The van der Waals surface area contributed by atoms with E-state index in [1.165, 1.54) is 19.4 Å². The SMILES string of the molecule is CCC(CC)(CN)N(C)CCCC(C)C. The molecule has 0 saturated carbocycles. The van der Waals surface area contributed by atoms with Crippen molar-refractivity contribution in [2.75, 3.05) is 20.1 Å². The molecule has 0 aromatic heterocycles. The van der Waals surface area contributed by atoms with Gasteiger partial charge in [-0.05, 0) is 45.2 Å². The van der Waals surface area contributed by atoms with Gasteiger partial charge in [0.05, 0.1) is 0 Å². The Balaban J connectivity index is 4.08. The Bertz CT molecular complexity index is 142. The Morgan fingerprint density at radius 3 is 2.07 bits per heavy atom. The van der Waals surface area contributed by atoms with E-state index in [9.17, 15) is 0 Å². The maximum atomic E-state index is 5.92. The summed E-state index contributed by atoms with van der Waals surface area (Å²) in [4.78, 5) is 2.47. The van der Waals surface area contributed by atoms with Crippen LogP contribution < -0.4 is 5.73 Å². The van der Waals surface area contributed by atoms with E-state index in [1.54, 1.807) is 0 Å². The minimum absolute atomic E-state index is 0.233. The highest BCUT2D eigenvalue weighted by molar-refractivity contribution is 4.87. The molecule has 0 saturated heterocycles. The maximum absolute atomic E-state index is 5.92. The van der Waals surface area contributed by atoms with E-state index >= 15 is 0 Å². The molecule has 0 heterocycles. The first kappa shape index (κ1) is 14.9. The summed E-state index contributed by atoms with van der Waals surface area (Å²) in [5, 5.41) is 0. The highest BCUT2D eigenvalue weighted by Gasteiger charge is 2.28. The lowest BCUT2D eigenvalue weighted by Crippen LogP contribution is -2.51. The maximum Gasteiger partial charge on any atom is 0.0323 e. The van der Waals surface area contributed by atoms with Crippen molar-refractivity contribution in [1.82, 2.24) is 4.90 Å². The normalized spacial score (nSPS) is 12.8. The molecule has 2 N–H and O–H groups in total. The van der Waals surface area contributed by atoms with Crippen molar-refractivity contribution in [2.45, 2.75) is 58.9 Å². The lowest BCUT2D eigenvalue weighted by Gasteiger charge is -2.40. The molecule has 0 radical (unpaired) electrons.